The van der Waals surface area contributed by atoms with Gasteiger partial charge in [0.05, 0.1) is 29.7 Å². The van der Waals surface area contributed by atoms with Crippen molar-refractivity contribution in [2.75, 3.05) is 18.6 Å². The van der Waals surface area contributed by atoms with Crippen LogP contribution in [0, 0.1) is 5.92 Å². The summed E-state index contributed by atoms with van der Waals surface area (Å²) in [5.41, 5.74) is 2.58. The van der Waals surface area contributed by atoms with Crippen molar-refractivity contribution < 1.29 is 42.5 Å². The molecule has 7 atom stereocenters. The highest BCUT2D eigenvalue weighted by Gasteiger charge is 2.59. The van der Waals surface area contributed by atoms with Gasteiger partial charge in [-0.1, -0.05) is 25.1 Å². The minimum absolute atomic E-state index is 0.0138. The van der Waals surface area contributed by atoms with Crippen LogP contribution in [-0.2, 0) is 23.4 Å². The lowest BCUT2D eigenvalue weighted by atomic mass is 9.93. The molecule has 1 aromatic carbocycles. The van der Waals surface area contributed by atoms with Crippen LogP contribution in [0.3, 0.4) is 0 Å². The fourth-order valence-corrected chi connectivity index (χ4v) is 6.75. The smallest absolute Gasteiger partial charge is 0.380 e. The second-order valence-corrected chi connectivity index (χ2v) is 12.3. The van der Waals surface area contributed by atoms with Gasteiger partial charge in [0, 0.05) is 6.20 Å². The number of para-hydroxylation sites is 1. The van der Waals surface area contributed by atoms with E-state index in [9.17, 15) is 28.8 Å². The molecule has 5 N–H and O–H groups in total. The van der Waals surface area contributed by atoms with Crippen molar-refractivity contribution in [2.45, 2.75) is 63.9 Å². The van der Waals surface area contributed by atoms with Crippen molar-refractivity contribution in [3.05, 3.63) is 52.9 Å². The van der Waals surface area contributed by atoms with Gasteiger partial charge in [0.25, 0.3) is 5.56 Å². The number of alkyl halides is 1. The second kappa shape index (κ2) is 11.9. The van der Waals surface area contributed by atoms with Crippen molar-refractivity contribution in [1.82, 2.24) is 14.5 Å². The molecule has 3 aromatic rings. The Morgan fingerprint density at radius 1 is 1.27 bits per heavy atom. The van der Waals surface area contributed by atoms with E-state index in [1.165, 1.54) is 30.7 Å². The number of anilines is 1. The molecule has 15 heteroatoms. The number of esters is 1. The van der Waals surface area contributed by atoms with E-state index in [4.69, 9.17) is 24.3 Å². The number of carbonyl (C=O) groups is 1. The van der Waals surface area contributed by atoms with Crippen molar-refractivity contribution in [2.24, 2.45) is 5.92 Å². The number of hydrogen-bond donors (Lipinski definition) is 4. The Morgan fingerprint density at radius 3 is 2.59 bits per heavy atom. The maximum Gasteiger partial charge on any atom is 0.380 e. The molecule has 1 aliphatic rings. The van der Waals surface area contributed by atoms with E-state index in [2.05, 4.69) is 9.97 Å². The molecule has 2 aromatic heterocycles. The number of aliphatic hydroxyl groups is 2. The maximum absolute atomic E-state index is 14.4. The zero-order chi connectivity index (χ0) is 30.1. The number of aliphatic hydroxyl groups excluding tert-OH is 1. The summed E-state index contributed by atoms with van der Waals surface area (Å²) in [6.45, 7) is 4.82. The van der Waals surface area contributed by atoms with Crippen LogP contribution in [0.2, 0.25) is 0 Å². The number of benzene rings is 1. The molecule has 41 heavy (non-hydrogen) atoms. The van der Waals surface area contributed by atoms with E-state index >= 15 is 0 Å². The van der Waals surface area contributed by atoms with E-state index in [-0.39, 0.29) is 28.9 Å². The Hall–Kier alpha value is -3.29. The lowest BCUT2D eigenvalue weighted by Crippen LogP contribution is -2.50. The number of nitrogens with one attached hydrogen (secondary N) is 1. The van der Waals surface area contributed by atoms with Gasteiger partial charge < -0.3 is 34.5 Å². The summed E-state index contributed by atoms with van der Waals surface area (Å²) < 4.78 is 52.3. The zero-order valence-corrected chi connectivity index (χ0v) is 23.9. The third kappa shape index (κ3) is 6.31. The normalized spacial score (nSPS) is 25.6. The second-order valence-electron chi connectivity index (χ2n) is 10.3. The summed E-state index contributed by atoms with van der Waals surface area (Å²) in [6, 6.07) is 9.51. The molecule has 0 amide bonds. The van der Waals surface area contributed by atoms with Gasteiger partial charge in [0.15, 0.2) is 17.5 Å². The quantitative estimate of drug-likeness (QED) is 0.188. The molecule has 4 rings (SSSR count). The fraction of sp³-hybridized carbons (Fsp3) is 0.500. The van der Waals surface area contributed by atoms with Gasteiger partial charge in [-0.3, -0.25) is 19.1 Å². The third-order valence-electron chi connectivity index (χ3n) is 6.63. The number of ether oxygens (including phenoxy) is 2. The molecular weight excluding hydrogens is 562 g/mol. The summed E-state index contributed by atoms with van der Waals surface area (Å²) >= 11 is 0. The van der Waals surface area contributed by atoms with Crippen molar-refractivity contribution in [1.29, 1.82) is 0 Å². The number of nitrogens with zero attached hydrogens (tertiary/aromatic N) is 2. The van der Waals surface area contributed by atoms with E-state index in [0.29, 0.717) is 0 Å². The first-order valence-corrected chi connectivity index (χ1v) is 14.7. The van der Waals surface area contributed by atoms with E-state index in [0.717, 1.165) is 0 Å². The summed E-state index contributed by atoms with van der Waals surface area (Å²) in [5, 5.41) is 22.4. The Morgan fingerprint density at radius 2 is 1.95 bits per heavy atom. The summed E-state index contributed by atoms with van der Waals surface area (Å²) in [7, 11) is -4.16. The number of H-pyrrole nitrogens is 1. The molecule has 224 valence electrons. The lowest BCUT2D eigenvalue weighted by Gasteiger charge is -2.30. The molecule has 1 saturated heterocycles. The first kappa shape index (κ1) is 30.7. The van der Waals surface area contributed by atoms with Crippen LogP contribution in [0.5, 0.6) is 5.75 Å². The highest BCUT2D eigenvalue weighted by Crippen LogP contribution is 2.53. The molecule has 0 aliphatic carbocycles. The Kier molecular flexibility index (Phi) is 8.90. The lowest BCUT2D eigenvalue weighted by molar-refractivity contribution is -0.151. The topological polar surface area (TPSA) is 188 Å². The minimum Gasteiger partial charge on any atom is -0.463 e. The summed E-state index contributed by atoms with van der Waals surface area (Å²) in [4.78, 5) is 31.2. The first-order chi connectivity index (χ1) is 19.3. The SMILES string of the molecule is CC(C)OC(=O)[C@H](C)C[P@](=O)(Oc1ccccc1)O[C@H](C)[C@H]1O[C@@H](n2ccc3c(=O)[nH]c(N)nc32)C(O)(CF)[C@H]1O. The standard InChI is InChI=1S/C26H34FN4O9P/c1-14(2)37-23(34)15(3)12-41(36,40-17-8-6-5-7-9-17)39-16(4)19-20(32)26(35,13-27)24(38-19)31-11-10-18-21(31)29-25(28)30-22(18)33/h5-11,14-16,19-20,24,32,35H,12-13H2,1-4H3,(H3,28,29,30,33)/t15-,16-,19-,20+,24-,26?,41-/m1/s1. The molecule has 0 bridgehead atoms. The van der Waals surface area contributed by atoms with E-state index in [1.54, 1.807) is 44.2 Å². The molecule has 1 fully saturated rings. The maximum atomic E-state index is 14.4. The van der Waals surface area contributed by atoms with Crippen LogP contribution in [0.15, 0.2) is 47.4 Å². The first-order valence-electron chi connectivity index (χ1n) is 13.0. The Labute approximate surface area is 234 Å². The van der Waals surface area contributed by atoms with Gasteiger partial charge >= 0.3 is 13.6 Å². The molecule has 0 spiro atoms. The predicted octanol–water partition coefficient (Wildman–Crippen LogP) is 2.53. The largest absolute Gasteiger partial charge is 0.463 e. The highest BCUT2D eigenvalue weighted by atomic mass is 31.2. The van der Waals surface area contributed by atoms with Crippen molar-refractivity contribution in [3.63, 3.8) is 0 Å². The summed E-state index contributed by atoms with van der Waals surface area (Å²) in [5.74, 6) is -1.53. The average Bonchev–Trinajstić information content (AvgIpc) is 3.42. The van der Waals surface area contributed by atoms with E-state index < -0.39 is 68.0 Å². The number of halogens is 1. The molecule has 3 heterocycles. The number of nitrogen functional groups attached to an aromatic ring is 1. The van der Waals surface area contributed by atoms with Crippen LogP contribution in [0.25, 0.3) is 11.0 Å². The molecule has 13 nitrogen and oxygen atoms in total. The Bertz CT molecular complexity index is 1480. The predicted molar refractivity (Wildman–Crippen MR) is 146 cm³/mol. The number of hydrogen-bond acceptors (Lipinski definition) is 11. The molecular formula is C26H34FN4O9P. The Balaban J connectivity index is 1.63. The molecule has 1 aliphatic heterocycles. The van der Waals surface area contributed by atoms with Crippen LogP contribution < -0.4 is 15.8 Å². The number of fused-ring (bicyclic) bond motifs is 1. The number of aromatic amines is 1. The monoisotopic (exact) mass is 596 g/mol. The zero-order valence-electron chi connectivity index (χ0n) is 23.0. The van der Waals surface area contributed by atoms with Crippen molar-refractivity contribution >= 4 is 30.5 Å². The van der Waals surface area contributed by atoms with Crippen LogP contribution in [-0.4, -0.2) is 73.6 Å². The van der Waals surface area contributed by atoms with Crippen LogP contribution in [0.1, 0.15) is 33.9 Å². The van der Waals surface area contributed by atoms with Crippen LogP contribution in [0.4, 0.5) is 10.3 Å². The fourth-order valence-electron chi connectivity index (χ4n) is 4.66. The minimum atomic E-state index is -4.16. The van der Waals surface area contributed by atoms with Gasteiger partial charge in [0.1, 0.15) is 24.6 Å². The number of nitrogens with two attached hydrogens (primary N) is 1. The van der Waals surface area contributed by atoms with Gasteiger partial charge in [-0.2, -0.15) is 4.98 Å². The van der Waals surface area contributed by atoms with Gasteiger partial charge in [-0.25, -0.2) is 8.96 Å². The van der Waals surface area contributed by atoms with Crippen molar-refractivity contribution in [3.8, 4) is 5.75 Å². The molecule has 1 unspecified atom stereocenters. The molecule has 0 radical (unpaired) electrons. The van der Waals surface area contributed by atoms with Gasteiger partial charge in [0.2, 0.25) is 5.95 Å². The highest BCUT2D eigenvalue weighted by molar-refractivity contribution is 7.54. The number of aromatic nitrogens is 3. The molecule has 0 saturated carbocycles. The van der Waals surface area contributed by atoms with Crippen LogP contribution >= 0.6 is 7.60 Å². The third-order valence-corrected chi connectivity index (χ3v) is 8.77. The van der Waals surface area contributed by atoms with E-state index in [1.807, 2.05) is 0 Å². The number of rotatable bonds is 11. The summed E-state index contributed by atoms with van der Waals surface area (Å²) in [6.07, 6.45) is -5.57. The number of carbonyl (C=O) groups excluding carboxylic acids is 1. The average molecular weight is 597 g/mol. The van der Waals surface area contributed by atoms with Gasteiger partial charge in [-0.15, -0.1) is 0 Å². The van der Waals surface area contributed by atoms with Gasteiger partial charge in [-0.05, 0) is 39.0 Å².